The van der Waals surface area contributed by atoms with Gasteiger partial charge in [0.05, 0.1) is 0 Å². The summed E-state index contributed by atoms with van der Waals surface area (Å²) in [7, 11) is 0. The Bertz CT molecular complexity index is 250. The van der Waals surface area contributed by atoms with Crippen LogP contribution in [0.4, 0.5) is 0 Å². The highest BCUT2D eigenvalue weighted by atomic mass is 14.9. The van der Waals surface area contributed by atoms with Crippen molar-refractivity contribution in [2.75, 3.05) is 6.54 Å². The molecule has 1 nitrogen and oxygen atoms in total. The molecule has 3 atom stereocenters. The van der Waals surface area contributed by atoms with Crippen molar-refractivity contribution in [3.8, 4) is 0 Å². The normalized spacial score (nSPS) is 25.7. The van der Waals surface area contributed by atoms with Gasteiger partial charge in [0, 0.05) is 6.04 Å². The van der Waals surface area contributed by atoms with Gasteiger partial charge in [0.15, 0.2) is 0 Å². The zero-order valence-corrected chi connectivity index (χ0v) is 15.3. The molecule has 1 fully saturated rings. The van der Waals surface area contributed by atoms with Gasteiger partial charge in [-0.15, -0.1) is 0 Å². The highest BCUT2D eigenvalue weighted by Crippen LogP contribution is 2.43. The molecule has 1 heteroatoms. The second-order valence-electron chi connectivity index (χ2n) is 7.77. The van der Waals surface area contributed by atoms with E-state index in [-0.39, 0.29) is 0 Å². The highest BCUT2D eigenvalue weighted by molar-refractivity contribution is 4.90. The Hall–Kier alpha value is -0.0400. The summed E-state index contributed by atoms with van der Waals surface area (Å²) >= 11 is 0. The smallest absolute Gasteiger partial charge is 0.00722 e. The van der Waals surface area contributed by atoms with Gasteiger partial charge in [-0.3, -0.25) is 0 Å². The van der Waals surface area contributed by atoms with Crippen molar-refractivity contribution in [1.29, 1.82) is 0 Å². The van der Waals surface area contributed by atoms with Gasteiger partial charge in [0.25, 0.3) is 0 Å². The molecule has 1 N–H and O–H groups in total. The van der Waals surface area contributed by atoms with Crippen LogP contribution in [0.1, 0.15) is 105 Å². The highest BCUT2D eigenvalue weighted by Gasteiger charge is 2.37. The first-order chi connectivity index (χ1) is 10.1. The monoisotopic (exact) mass is 295 g/mol. The molecule has 0 amide bonds. The molecule has 0 spiro atoms. The first kappa shape index (κ1) is 19.0. The first-order valence-electron chi connectivity index (χ1n) is 9.87. The molecule has 0 radical (unpaired) electrons. The number of hydrogen-bond donors (Lipinski definition) is 1. The van der Waals surface area contributed by atoms with E-state index in [2.05, 4.69) is 33.0 Å². The average Bonchev–Trinajstić information content (AvgIpc) is 2.48. The minimum atomic E-state index is 0.578. The lowest BCUT2D eigenvalue weighted by molar-refractivity contribution is 0.0844. The molecule has 1 rings (SSSR count). The van der Waals surface area contributed by atoms with Crippen LogP contribution in [0.25, 0.3) is 0 Å². The maximum absolute atomic E-state index is 3.74. The molecule has 0 aromatic rings. The molecular formula is C20H41N. The Morgan fingerprint density at radius 3 is 2.10 bits per heavy atom. The van der Waals surface area contributed by atoms with Gasteiger partial charge >= 0.3 is 0 Å². The molecule has 21 heavy (non-hydrogen) atoms. The van der Waals surface area contributed by atoms with Gasteiger partial charge in [-0.2, -0.15) is 0 Å². The van der Waals surface area contributed by atoms with Crippen molar-refractivity contribution in [3.63, 3.8) is 0 Å². The Kier molecular flexibility index (Phi) is 9.64. The molecule has 3 unspecified atom stereocenters. The third-order valence-electron chi connectivity index (χ3n) is 5.86. The lowest BCUT2D eigenvalue weighted by atomic mass is 9.65. The summed E-state index contributed by atoms with van der Waals surface area (Å²) in [6.45, 7) is 10.9. The molecule has 0 saturated carbocycles. The maximum atomic E-state index is 3.74. The largest absolute Gasteiger partial charge is 0.314 e. The molecule has 0 bridgehead atoms. The van der Waals surface area contributed by atoms with Gasteiger partial charge in [-0.1, -0.05) is 72.1 Å². The maximum Gasteiger partial charge on any atom is 0.00722 e. The van der Waals surface area contributed by atoms with Crippen molar-refractivity contribution in [2.45, 2.75) is 111 Å². The van der Waals surface area contributed by atoms with Crippen LogP contribution in [0.5, 0.6) is 0 Å². The third-order valence-corrected chi connectivity index (χ3v) is 5.86. The third kappa shape index (κ3) is 6.72. The number of hydrogen-bond acceptors (Lipinski definition) is 1. The lowest BCUT2D eigenvalue weighted by Gasteiger charge is -2.44. The van der Waals surface area contributed by atoms with Crippen LogP contribution in [0.3, 0.4) is 0 Å². The fourth-order valence-corrected chi connectivity index (χ4v) is 4.40. The van der Waals surface area contributed by atoms with E-state index in [1.165, 1.54) is 83.6 Å². The van der Waals surface area contributed by atoms with Gasteiger partial charge < -0.3 is 5.32 Å². The standard InChI is InChI=1S/C20H41N/c1-5-7-9-10-12-16-20(4,15-11-8-6-2)19-14-13-17-21-18(19)3/h18-19,21H,5-17H2,1-4H3. The molecule has 126 valence electrons. The number of piperidine rings is 1. The van der Waals surface area contributed by atoms with E-state index in [0.29, 0.717) is 5.41 Å². The van der Waals surface area contributed by atoms with Crippen LogP contribution in [-0.4, -0.2) is 12.6 Å². The summed E-state index contributed by atoms with van der Waals surface area (Å²) in [5.41, 5.74) is 0.578. The van der Waals surface area contributed by atoms with Crippen molar-refractivity contribution in [1.82, 2.24) is 5.32 Å². The minimum absolute atomic E-state index is 0.578. The fraction of sp³-hybridized carbons (Fsp3) is 1.00. The second-order valence-corrected chi connectivity index (χ2v) is 7.77. The van der Waals surface area contributed by atoms with Crippen LogP contribution in [0.2, 0.25) is 0 Å². The van der Waals surface area contributed by atoms with Crippen molar-refractivity contribution < 1.29 is 0 Å². The van der Waals surface area contributed by atoms with E-state index in [0.717, 1.165) is 12.0 Å². The van der Waals surface area contributed by atoms with Crippen molar-refractivity contribution in [2.24, 2.45) is 11.3 Å². The minimum Gasteiger partial charge on any atom is -0.314 e. The Morgan fingerprint density at radius 1 is 0.905 bits per heavy atom. The van der Waals surface area contributed by atoms with Gasteiger partial charge in [-0.05, 0) is 50.5 Å². The van der Waals surface area contributed by atoms with Gasteiger partial charge in [-0.25, -0.2) is 0 Å². The summed E-state index contributed by atoms with van der Waals surface area (Å²) in [6, 6.07) is 0.723. The number of nitrogens with one attached hydrogen (secondary N) is 1. The Labute approximate surface area is 134 Å². The summed E-state index contributed by atoms with van der Waals surface area (Å²) in [5, 5.41) is 3.74. The average molecular weight is 296 g/mol. The SMILES string of the molecule is CCCCCCCC(C)(CCCCC)C1CCCNC1C. The number of unbranched alkanes of at least 4 members (excludes halogenated alkanes) is 6. The number of rotatable bonds is 11. The van der Waals surface area contributed by atoms with E-state index in [1.807, 2.05) is 0 Å². The van der Waals surface area contributed by atoms with Crippen LogP contribution >= 0.6 is 0 Å². The van der Waals surface area contributed by atoms with E-state index < -0.39 is 0 Å². The summed E-state index contributed by atoms with van der Waals surface area (Å²) in [5.74, 6) is 0.897. The summed E-state index contributed by atoms with van der Waals surface area (Å²) in [4.78, 5) is 0. The van der Waals surface area contributed by atoms with Gasteiger partial charge in [0.2, 0.25) is 0 Å². The van der Waals surface area contributed by atoms with Crippen LogP contribution in [-0.2, 0) is 0 Å². The molecule has 1 heterocycles. The first-order valence-corrected chi connectivity index (χ1v) is 9.87. The fourth-order valence-electron chi connectivity index (χ4n) is 4.40. The summed E-state index contributed by atoms with van der Waals surface area (Å²) < 4.78 is 0. The van der Waals surface area contributed by atoms with E-state index in [9.17, 15) is 0 Å². The van der Waals surface area contributed by atoms with Crippen molar-refractivity contribution in [3.05, 3.63) is 0 Å². The van der Waals surface area contributed by atoms with Crippen LogP contribution in [0.15, 0.2) is 0 Å². The predicted molar refractivity (Wildman–Crippen MR) is 95.8 cm³/mol. The Morgan fingerprint density at radius 2 is 1.48 bits per heavy atom. The van der Waals surface area contributed by atoms with Crippen LogP contribution < -0.4 is 5.32 Å². The molecule has 0 aromatic carbocycles. The zero-order chi connectivity index (χ0) is 15.6. The van der Waals surface area contributed by atoms with E-state index >= 15 is 0 Å². The second kappa shape index (κ2) is 10.6. The zero-order valence-electron chi connectivity index (χ0n) is 15.3. The van der Waals surface area contributed by atoms with Crippen molar-refractivity contribution >= 4 is 0 Å². The van der Waals surface area contributed by atoms with Gasteiger partial charge in [0.1, 0.15) is 0 Å². The quantitative estimate of drug-likeness (QED) is 0.440. The predicted octanol–water partition coefficient (Wildman–Crippen LogP) is 6.32. The molecule has 1 saturated heterocycles. The van der Waals surface area contributed by atoms with E-state index in [1.54, 1.807) is 0 Å². The van der Waals surface area contributed by atoms with Crippen LogP contribution in [0, 0.1) is 11.3 Å². The molecular weight excluding hydrogens is 254 g/mol. The van der Waals surface area contributed by atoms with E-state index in [4.69, 9.17) is 0 Å². The molecule has 1 aliphatic heterocycles. The lowest BCUT2D eigenvalue weighted by Crippen LogP contribution is -2.46. The Balaban J connectivity index is 2.51. The molecule has 0 aromatic heterocycles. The summed E-state index contributed by atoms with van der Waals surface area (Å²) in [6.07, 6.45) is 17.1. The molecule has 1 aliphatic rings. The molecule has 0 aliphatic carbocycles. The topological polar surface area (TPSA) is 12.0 Å².